The molecule has 1 saturated carbocycles. The lowest BCUT2D eigenvalue weighted by Gasteiger charge is -2.32. The smallest absolute Gasteiger partial charge is 0.306 e. The topological polar surface area (TPSA) is 26.3 Å². The minimum atomic E-state index is 0.0295. The van der Waals surface area contributed by atoms with Crippen molar-refractivity contribution in [3.05, 3.63) is 0 Å². The summed E-state index contributed by atoms with van der Waals surface area (Å²) in [6.45, 7) is 0.667. The van der Waals surface area contributed by atoms with Crippen molar-refractivity contribution in [1.29, 1.82) is 0 Å². The molecule has 0 aromatic heterocycles. The van der Waals surface area contributed by atoms with E-state index in [1.54, 1.807) is 0 Å². The molecule has 1 saturated heterocycles. The number of hydrogen-bond acceptors (Lipinski definition) is 2. The summed E-state index contributed by atoms with van der Waals surface area (Å²) < 4.78 is 4.96. The van der Waals surface area contributed by atoms with Crippen molar-refractivity contribution in [3.63, 3.8) is 0 Å². The summed E-state index contributed by atoms with van der Waals surface area (Å²) >= 11 is 0. The van der Waals surface area contributed by atoms with Gasteiger partial charge in [0.1, 0.15) is 0 Å². The van der Waals surface area contributed by atoms with E-state index in [2.05, 4.69) is 0 Å². The maximum absolute atomic E-state index is 11.1. The first-order valence-electron chi connectivity index (χ1n) is 5.52. The van der Waals surface area contributed by atoms with Crippen LogP contribution < -0.4 is 0 Å². The lowest BCUT2D eigenvalue weighted by atomic mass is 9.76. The Kier molecular flexibility index (Phi) is 2.87. The fourth-order valence-corrected chi connectivity index (χ4v) is 2.71. The number of carbonyl (C=O) groups is 1. The van der Waals surface area contributed by atoms with Crippen molar-refractivity contribution in [2.24, 2.45) is 11.8 Å². The minimum absolute atomic E-state index is 0.0295. The molecule has 0 aromatic rings. The number of cyclic esters (lactones) is 1. The highest BCUT2D eigenvalue weighted by molar-refractivity contribution is 5.70. The van der Waals surface area contributed by atoms with Crippen LogP contribution in [0.1, 0.15) is 44.9 Å². The zero-order chi connectivity index (χ0) is 9.10. The van der Waals surface area contributed by atoms with Gasteiger partial charge in [-0.1, -0.05) is 32.1 Å². The molecule has 2 rings (SSSR count). The summed E-state index contributed by atoms with van der Waals surface area (Å²) in [6.07, 6.45) is 8.62. The van der Waals surface area contributed by atoms with Crippen molar-refractivity contribution >= 4 is 5.97 Å². The lowest BCUT2D eigenvalue weighted by Crippen LogP contribution is -2.27. The van der Waals surface area contributed by atoms with Crippen LogP contribution in [0.25, 0.3) is 0 Å². The van der Waals surface area contributed by atoms with E-state index in [0.29, 0.717) is 18.9 Å². The molecule has 2 fully saturated rings. The van der Waals surface area contributed by atoms with Crippen LogP contribution in [0.5, 0.6) is 0 Å². The Bertz CT molecular complexity index is 183. The second kappa shape index (κ2) is 4.12. The van der Waals surface area contributed by atoms with Gasteiger partial charge < -0.3 is 4.74 Å². The van der Waals surface area contributed by atoms with Gasteiger partial charge in [0.05, 0.1) is 6.61 Å². The highest BCUT2D eigenvalue weighted by atomic mass is 16.5. The van der Waals surface area contributed by atoms with Crippen LogP contribution in [-0.2, 0) is 9.53 Å². The first kappa shape index (κ1) is 9.04. The average molecular weight is 182 g/mol. The zero-order valence-electron chi connectivity index (χ0n) is 8.13. The molecule has 0 bridgehead atoms. The van der Waals surface area contributed by atoms with Gasteiger partial charge in [0, 0.05) is 6.42 Å². The summed E-state index contributed by atoms with van der Waals surface area (Å²) in [4.78, 5) is 11.1. The molecule has 0 aromatic carbocycles. The largest absolute Gasteiger partial charge is 0.466 e. The maximum atomic E-state index is 11.1. The molecule has 1 aliphatic carbocycles. The van der Waals surface area contributed by atoms with E-state index < -0.39 is 0 Å². The van der Waals surface area contributed by atoms with Crippen LogP contribution in [0.15, 0.2) is 0 Å². The van der Waals surface area contributed by atoms with Gasteiger partial charge in [-0.05, 0) is 18.3 Å². The number of carbonyl (C=O) groups excluding carboxylic acids is 1. The van der Waals surface area contributed by atoms with Crippen molar-refractivity contribution < 1.29 is 9.53 Å². The maximum Gasteiger partial charge on any atom is 0.306 e. The Hall–Kier alpha value is -0.530. The normalized spacial score (nSPS) is 31.4. The van der Waals surface area contributed by atoms with E-state index >= 15 is 0 Å². The summed E-state index contributed by atoms with van der Waals surface area (Å²) in [5.41, 5.74) is 0. The average Bonchev–Trinajstić information content (AvgIpc) is 2.19. The number of rotatable bonds is 1. The summed E-state index contributed by atoms with van der Waals surface area (Å²) in [6, 6.07) is 0. The van der Waals surface area contributed by atoms with E-state index in [4.69, 9.17) is 4.74 Å². The van der Waals surface area contributed by atoms with Crippen molar-refractivity contribution in [2.45, 2.75) is 44.9 Å². The lowest BCUT2D eigenvalue weighted by molar-refractivity contribution is -0.150. The molecule has 2 heteroatoms. The first-order valence-corrected chi connectivity index (χ1v) is 5.52. The van der Waals surface area contributed by atoms with Crippen LogP contribution in [0.3, 0.4) is 0 Å². The second-order valence-electron chi connectivity index (χ2n) is 4.37. The zero-order valence-corrected chi connectivity index (χ0v) is 8.13. The monoisotopic (exact) mass is 182 g/mol. The third-order valence-electron chi connectivity index (χ3n) is 3.50. The minimum Gasteiger partial charge on any atom is -0.466 e. The molecule has 1 atom stereocenters. The van der Waals surface area contributed by atoms with Gasteiger partial charge in [-0.2, -0.15) is 0 Å². The Morgan fingerprint density at radius 2 is 1.77 bits per heavy atom. The van der Waals surface area contributed by atoms with Gasteiger partial charge in [-0.25, -0.2) is 0 Å². The quantitative estimate of drug-likeness (QED) is 0.582. The molecule has 2 aliphatic rings. The van der Waals surface area contributed by atoms with E-state index in [1.165, 1.54) is 32.1 Å². The van der Waals surface area contributed by atoms with Crippen molar-refractivity contribution in [3.8, 4) is 0 Å². The second-order valence-corrected chi connectivity index (χ2v) is 4.37. The Morgan fingerprint density at radius 1 is 1.00 bits per heavy atom. The highest BCUT2D eigenvalue weighted by Crippen LogP contribution is 2.35. The van der Waals surface area contributed by atoms with Gasteiger partial charge in [-0.15, -0.1) is 0 Å². The molecule has 1 heterocycles. The van der Waals surface area contributed by atoms with Crippen LogP contribution >= 0.6 is 0 Å². The first-order chi connectivity index (χ1) is 6.36. The number of esters is 1. The molecule has 0 spiro atoms. The highest BCUT2D eigenvalue weighted by Gasteiger charge is 2.28. The molecule has 0 radical (unpaired) electrons. The van der Waals surface area contributed by atoms with Crippen LogP contribution in [0.2, 0.25) is 0 Å². The van der Waals surface area contributed by atoms with E-state index in [1.807, 2.05) is 0 Å². The fourth-order valence-electron chi connectivity index (χ4n) is 2.71. The summed E-state index contributed by atoms with van der Waals surface area (Å²) in [5, 5.41) is 0. The van der Waals surface area contributed by atoms with Crippen LogP contribution in [0, 0.1) is 11.8 Å². The molecule has 0 N–H and O–H groups in total. The molecule has 74 valence electrons. The molecular weight excluding hydrogens is 164 g/mol. The third kappa shape index (κ3) is 2.23. The Labute approximate surface area is 79.7 Å². The Morgan fingerprint density at radius 3 is 2.46 bits per heavy atom. The number of ether oxygens (including phenoxy) is 1. The van der Waals surface area contributed by atoms with Gasteiger partial charge in [-0.3, -0.25) is 4.79 Å². The van der Waals surface area contributed by atoms with E-state index in [-0.39, 0.29) is 5.97 Å². The molecule has 0 amide bonds. The van der Waals surface area contributed by atoms with Crippen LogP contribution in [-0.4, -0.2) is 12.6 Å². The van der Waals surface area contributed by atoms with Crippen LogP contribution in [0.4, 0.5) is 0 Å². The van der Waals surface area contributed by atoms with Gasteiger partial charge in [0.25, 0.3) is 0 Å². The van der Waals surface area contributed by atoms with Crippen molar-refractivity contribution in [1.82, 2.24) is 0 Å². The van der Waals surface area contributed by atoms with Gasteiger partial charge in [0.15, 0.2) is 0 Å². The summed E-state index contributed by atoms with van der Waals surface area (Å²) in [7, 11) is 0. The predicted octanol–water partition coefficient (Wildman–Crippen LogP) is 2.52. The van der Waals surface area contributed by atoms with Gasteiger partial charge in [0.2, 0.25) is 0 Å². The molecular formula is C11H18O2. The van der Waals surface area contributed by atoms with Crippen molar-refractivity contribution in [2.75, 3.05) is 6.61 Å². The number of hydrogen-bond donors (Lipinski definition) is 0. The Balaban J connectivity index is 1.87. The third-order valence-corrected chi connectivity index (χ3v) is 3.50. The standard InChI is InChI=1S/C11H18O2/c12-11-8-10(6-7-13-11)9-4-2-1-3-5-9/h9-10H,1-8H2. The molecule has 1 aliphatic heterocycles. The molecule has 13 heavy (non-hydrogen) atoms. The summed E-state index contributed by atoms with van der Waals surface area (Å²) in [5.74, 6) is 1.49. The predicted molar refractivity (Wildman–Crippen MR) is 50.3 cm³/mol. The van der Waals surface area contributed by atoms with E-state index in [9.17, 15) is 4.79 Å². The van der Waals surface area contributed by atoms with Gasteiger partial charge >= 0.3 is 5.97 Å². The van der Waals surface area contributed by atoms with E-state index in [0.717, 1.165) is 12.3 Å². The fraction of sp³-hybridized carbons (Fsp3) is 0.909. The molecule has 2 nitrogen and oxygen atoms in total. The SMILES string of the molecule is O=C1CC(C2CCCCC2)CCO1. The molecule has 1 unspecified atom stereocenters.